The molecular formula is C15H17F3O3. The molecule has 21 heavy (non-hydrogen) atoms. The zero-order valence-electron chi connectivity index (χ0n) is 12.3. The van der Waals surface area contributed by atoms with Gasteiger partial charge in [-0.05, 0) is 29.0 Å². The number of carbonyl (C=O) groups excluding carboxylic acids is 1. The smallest absolute Gasteiger partial charge is 0.423 e. The van der Waals surface area contributed by atoms with E-state index in [1.165, 1.54) is 6.07 Å². The Morgan fingerprint density at radius 2 is 1.81 bits per heavy atom. The molecular weight excluding hydrogens is 285 g/mol. The zero-order valence-corrected chi connectivity index (χ0v) is 12.3. The van der Waals surface area contributed by atoms with Crippen LogP contribution >= 0.6 is 0 Å². The van der Waals surface area contributed by atoms with Crippen LogP contribution in [-0.4, -0.2) is 17.3 Å². The molecule has 3 nitrogen and oxygen atoms in total. The summed E-state index contributed by atoms with van der Waals surface area (Å²) in [5, 5.41) is 10.1. The number of ether oxygens (including phenoxy) is 1. The fourth-order valence-electron chi connectivity index (χ4n) is 2.76. The molecule has 1 aliphatic heterocycles. The van der Waals surface area contributed by atoms with Crippen LogP contribution in [0, 0.1) is 0 Å². The Labute approximate surface area is 120 Å². The molecule has 0 fully saturated rings. The lowest BCUT2D eigenvalue weighted by atomic mass is 9.75. The Kier molecular flexibility index (Phi) is 3.36. The maximum absolute atomic E-state index is 13.3. The highest BCUT2D eigenvalue weighted by Crippen LogP contribution is 2.52. The number of benzene rings is 1. The van der Waals surface area contributed by atoms with E-state index in [2.05, 4.69) is 4.74 Å². The number of aliphatic hydroxyl groups is 1. The van der Waals surface area contributed by atoms with Crippen molar-refractivity contribution >= 4 is 5.97 Å². The van der Waals surface area contributed by atoms with Crippen molar-refractivity contribution in [1.82, 2.24) is 0 Å². The molecule has 1 aromatic rings. The number of alkyl halides is 3. The second-order valence-electron chi connectivity index (χ2n) is 6.17. The molecule has 0 spiro atoms. The molecule has 1 heterocycles. The van der Waals surface area contributed by atoms with E-state index in [-0.39, 0.29) is 5.75 Å². The number of aryl methyl sites for hydroxylation is 1. The molecule has 0 aromatic heterocycles. The van der Waals surface area contributed by atoms with Crippen molar-refractivity contribution in [2.24, 2.45) is 0 Å². The minimum absolute atomic E-state index is 0.220. The summed E-state index contributed by atoms with van der Waals surface area (Å²) >= 11 is 0. The fourth-order valence-corrected chi connectivity index (χ4v) is 2.76. The molecule has 1 N–H and O–H groups in total. The van der Waals surface area contributed by atoms with Crippen LogP contribution in [0.1, 0.15) is 44.4 Å². The predicted molar refractivity (Wildman–Crippen MR) is 70.1 cm³/mol. The van der Waals surface area contributed by atoms with E-state index in [9.17, 15) is 23.1 Å². The summed E-state index contributed by atoms with van der Waals surface area (Å²) in [6.45, 7) is 7.02. The van der Waals surface area contributed by atoms with Gasteiger partial charge in [-0.15, -0.1) is 0 Å². The van der Waals surface area contributed by atoms with Crippen LogP contribution in [0.5, 0.6) is 5.75 Å². The lowest BCUT2D eigenvalue weighted by Crippen LogP contribution is -2.48. The van der Waals surface area contributed by atoms with E-state index in [4.69, 9.17) is 0 Å². The van der Waals surface area contributed by atoms with Crippen LogP contribution in [0.4, 0.5) is 13.2 Å². The number of rotatable bonds is 1. The number of fused-ring (bicyclic) bond motifs is 1. The van der Waals surface area contributed by atoms with Gasteiger partial charge in [-0.25, -0.2) is 4.79 Å². The van der Waals surface area contributed by atoms with E-state index in [1.54, 1.807) is 33.8 Å². The highest BCUT2D eigenvalue weighted by molar-refractivity contribution is 5.91. The molecule has 0 bridgehead atoms. The first kappa shape index (κ1) is 15.8. The summed E-state index contributed by atoms with van der Waals surface area (Å²) in [4.78, 5) is 11.7. The summed E-state index contributed by atoms with van der Waals surface area (Å²) in [6, 6.07) is 2.94. The van der Waals surface area contributed by atoms with Crippen LogP contribution in [0.25, 0.3) is 0 Å². The molecule has 0 saturated carbocycles. The number of esters is 1. The highest BCUT2D eigenvalue weighted by atomic mass is 19.4. The van der Waals surface area contributed by atoms with Crippen LogP contribution in [0.15, 0.2) is 12.1 Å². The van der Waals surface area contributed by atoms with Crippen LogP contribution in [-0.2, 0) is 22.2 Å². The fraction of sp³-hybridized carbons (Fsp3) is 0.533. The van der Waals surface area contributed by atoms with Gasteiger partial charge in [0, 0.05) is 0 Å². The van der Waals surface area contributed by atoms with Gasteiger partial charge in [0.1, 0.15) is 5.75 Å². The van der Waals surface area contributed by atoms with Crippen molar-refractivity contribution in [1.29, 1.82) is 0 Å². The SMILES string of the molecule is CCc1ccc2c(c1C(C)(C)C)C(O)(C(F)(F)F)C(=O)O2. The molecule has 0 saturated heterocycles. The normalized spacial score (nSPS) is 22.2. The third kappa shape index (κ3) is 2.12. The number of carbonyl (C=O) groups is 1. The summed E-state index contributed by atoms with van der Waals surface area (Å²) in [5.41, 5.74) is -3.78. The molecule has 2 rings (SSSR count). The van der Waals surface area contributed by atoms with E-state index in [1.807, 2.05) is 0 Å². The van der Waals surface area contributed by atoms with Gasteiger partial charge in [0.25, 0.3) is 5.60 Å². The van der Waals surface area contributed by atoms with Crippen molar-refractivity contribution in [3.05, 3.63) is 28.8 Å². The third-order valence-electron chi connectivity index (χ3n) is 3.65. The summed E-state index contributed by atoms with van der Waals surface area (Å²) in [6.07, 6.45) is -4.65. The molecule has 6 heteroatoms. The number of hydrogen-bond donors (Lipinski definition) is 1. The van der Waals surface area contributed by atoms with Gasteiger partial charge in [0.15, 0.2) is 0 Å². The predicted octanol–water partition coefficient (Wildman–Crippen LogP) is 3.22. The topological polar surface area (TPSA) is 46.5 Å². The van der Waals surface area contributed by atoms with Gasteiger partial charge >= 0.3 is 12.1 Å². The molecule has 1 aliphatic rings. The summed E-state index contributed by atoms with van der Waals surface area (Å²) in [5.74, 6) is -1.91. The largest absolute Gasteiger partial charge is 0.432 e. The lowest BCUT2D eigenvalue weighted by molar-refractivity contribution is -0.258. The van der Waals surface area contributed by atoms with Crippen LogP contribution in [0.3, 0.4) is 0 Å². The summed E-state index contributed by atoms with van der Waals surface area (Å²) < 4.78 is 44.7. The van der Waals surface area contributed by atoms with Crippen LogP contribution < -0.4 is 4.74 Å². The van der Waals surface area contributed by atoms with E-state index in [0.717, 1.165) is 0 Å². The Balaban J connectivity index is 2.88. The molecule has 1 unspecified atom stereocenters. The summed E-state index contributed by atoms with van der Waals surface area (Å²) in [7, 11) is 0. The highest BCUT2D eigenvalue weighted by Gasteiger charge is 2.67. The third-order valence-corrected chi connectivity index (χ3v) is 3.65. The molecule has 0 amide bonds. The molecule has 0 radical (unpaired) electrons. The Morgan fingerprint density at radius 3 is 2.24 bits per heavy atom. The average molecular weight is 302 g/mol. The first-order valence-corrected chi connectivity index (χ1v) is 6.62. The second-order valence-corrected chi connectivity index (χ2v) is 6.17. The number of halogens is 3. The second kappa shape index (κ2) is 4.47. The van der Waals surface area contributed by atoms with Crippen molar-refractivity contribution in [2.75, 3.05) is 0 Å². The van der Waals surface area contributed by atoms with Gasteiger partial charge in [-0.2, -0.15) is 13.2 Å². The van der Waals surface area contributed by atoms with Crippen molar-refractivity contribution in [3.8, 4) is 5.75 Å². The van der Waals surface area contributed by atoms with Gasteiger partial charge < -0.3 is 9.84 Å². The zero-order chi connectivity index (χ0) is 16.2. The van der Waals surface area contributed by atoms with Crippen molar-refractivity contribution in [3.63, 3.8) is 0 Å². The van der Waals surface area contributed by atoms with Crippen molar-refractivity contribution < 1.29 is 27.8 Å². The standard InChI is InChI=1S/C15H17F3O3/c1-5-8-6-7-9-11(10(8)13(2,3)4)14(20,12(19)21-9)15(16,17)18/h6-7,20H,5H2,1-4H3. The van der Waals surface area contributed by atoms with Gasteiger partial charge in [0.2, 0.25) is 0 Å². The Morgan fingerprint density at radius 1 is 1.24 bits per heavy atom. The minimum Gasteiger partial charge on any atom is -0.423 e. The van der Waals surface area contributed by atoms with E-state index < -0.39 is 28.7 Å². The van der Waals surface area contributed by atoms with Crippen LogP contribution in [0.2, 0.25) is 0 Å². The lowest BCUT2D eigenvalue weighted by Gasteiger charge is -2.30. The van der Waals surface area contributed by atoms with Crippen molar-refractivity contribution in [2.45, 2.75) is 51.3 Å². The minimum atomic E-state index is -5.14. The van der Waals surface area contributed by atoms with E-state index >= 15 is 0 Å². The monoisotopic (exact) mass is 302 g/mol. The maximum atomic E-state index is 13.3. The first-order valence-electron chi connectivity index (χ1n) is 6.62. The quantitative estimate of drug-likeness (QED) is 0.640. The van der Waals surface area contributed by atoms with E-state index in [0.29, 0.717) is 17.5 Å². The first-order chi connectivity index (χ1) is 9.44. The molecule has 1 atom stereocenters. The van der Waals surface area contributed by atoms with Gasteiger partial charge in [-0.3, -0.25) is 0 Å². The Hall–Kier alpha value is -1.56. The molecule has 1 aromatic carbocycles. The Bertz CT molecular complexity index is 599. The molecule has 0 aliphatic carbocycles. The maximum Gasteiger partial charge on any atom is 0.432 e. The molecule has 116 valence electrons. The van der Waals surface area contributed by atoms with Gasteiger partial charge in [-0.1, -0.05) is 33.8 Å². The number of hydrogen-bond acceptors (Lipinski definition) is 3. The average Bonchev–Trinajstić information content (AvgIpc) is 2.60. The van der Waals surface area contributed by atoms with Gasteiger partial charge in [0.05, 0.1) is 5.56 Å².